The van der Waals surface area contributed by atoms with Crippen molar-refractivity contribution in [2.24, 2.45) is 0 Å². The van der Waals surface area contributed by atoms with Crippen LogP contribution in [0.3, 0.4) is 0 Å². The molecule has 51 heavy (non-hydrogen) atoms. The van der Waals surface area contributed by atoms with Crippen molar-refractivity contribution in [3.63, 3.8) is 0 Å². The first-order chi connectivity index (χ1) is 24.9. The van der Waals surface area contributed by atoms with Gasteiger partial charge in [-0.3, -0.25) is 19.7 Å². The number of piperidine rings is 1. The Morgan fingerprint density at radius 1 is 0.745 bits per heavy atom. The number of hydrogen-bond acceptors (Lipinski definition) is 8. The summed E-state index contributed by atoms with van der Waals surface area (Å²) < 4.78 is 23.2. The zero-order valence-corrected chi connectivity index (χ0v) is 28.6. The first kappa shape index (κ1) is 35.4. The Hall–Kier alpha value is -5.45. The van der Waals surface area contributed by atoms with Gasteiger partial charge >= 0.3 is 0 Å². The van der Waals surface area contributed by atoms with Gasteiger partial charge in [0.25, 0.3) is 5.91 Å². The maximum absolute atomic E-state index is 13.0. The van der Waals surface area contributed by atoms with E-state index in [0.29, 0.717) is 50.8 Å². The van der Waals surface area contributed by atoms with Crippen LogP contribution in [0.5, 0.6) is 17.2 Å². The van der Waals surface area contributed by atoms with Crippen LogP contribution in [-0.2, 0) is 25.6 Å². The lowest BCUT2D eigenvalue weighted by atomic mass is 9.88. The molecule has 0 aromatic heterocycles. The van der Waals surface area contributed by atoms with Crippen LogP contribution in [0.25, 0.3) is 11.1 Å². The molecule has 0 saturated carbocycles. The summed E-state index contributed by atoms with van der Waals surface area (Å²) >= 11 is 0. The van der Waals surface area contributed by atoms with Crippen molar-refractivity contribution >= 4 is 28.9 Å². The van der Waals surface area contributed by atoms with Crippen LogP contribution in [0.1, 0.15) is 58.8 Å². The lowest BCUT2D eigenvalue weighted by Crippen LogP contribution is -2.52. The summed E-state index contributed by atoms with van der Waals surface area (Å²) in [5, 5.41) is 12.2. The fraction of sp³-hybridized carbons (Fsp3) is 0.293. The number of rotatable bonds is 16. The maximum atomic E-state index is 13.0. The third-order valence-electron chi connectivity index (χ3n) is 8.97. The molecule has 1 unspecified atom stereocenters. The molecule has 3 amide bonds. The molecule has 0 bridgehead atoms. The lowest BCUT2D eigenvalue weighted by molar-refractivity contribution is -0.136. The molecular weight excluding hydrogens is 648 g/mol. The highest BCUT2D eigenvalue weighted by Crippen LogP contribution is 2.36. The van der Waals surface area contributed by atoms with Crippen molar-refractivity contribution in [2.45, 2.75) is 38.8 Å². The normalized spacial score (nSPS) is 16.1. The van der Waals surface area contributed by atoms with Crippen molar-refractivity contribution in [1.29, 1.82) is 0 Å². The van der Waals surface area contributed by atoms with Gasteiger partial charge in [-0.05, 0) is 77.1 Å². The minimum Gasteiger partial charge on any atom is -0.508 e. The molecule has 2 aliphatic heterocycles. The molecule has 0 radical (unpaired) electrons. The molecule has 2 aliphatic rings. The van der Waals surface area contributed by atoms with Gasteiger partial charge in [-0.25, -0.2) is 0 Å². The average Bonchev–Trinajstić information content (AvgIpc) is 3.48. The van der Waals surface area contributed by atoms with Crippen molar-refractivity contribution in [2.75, 3.05) is 39.6 Å². The number of hydrogen-bond donors (Lipinski definition) is 2. The topological polar surface area (TPSA) is 124 Å². The van der Waals surface area contributed by atoms with E-state index in [1.807, 2.05) is 42.5 Å². The molecule has 4 aromatic rings. The first-order valence-corrected chi connectivity index (χ1v) is 17.3. The average molecular weight is 691 g/mol. The van der Waals surface area contributed by atoms with Gasteiger partial charge in [-0.2, -0.15) is 0 Å². The van der Waals surface area contributed by atoms with E-state index in [-0.39, 0.29) is 37.1 Å². The van der Waals surface area contributed by atoms with Gasteiger partial charge in [0.1, 0.15) is 36.5 Å². The number of benzene rings is 4. The summed E-state index contributed by atoms with van der Waals surface area (Å²) in [6.45, 7) is 4.62. The van der Waals surface area contributed by atoms with Crippen LogP contribution in [-0.4, -0.2) is 73.4 Å². The molecule has 4 aromatic carbocycles. The molecule has 1 saturated heterocycles. The molecule has 2 heterocycles. The Labute approximate surface area is 297 Å². The van der Waals surface area contributed by atoms with Crippen LogP contribution < -0.4 is 14.8 Å². The Morgan fingerprint density at radius 2 is 1.39 bits per heavy atom. The van der Waals surface area contributed by atoms with Gasteiger partial charge in [0.05, 0.1) is 33.0 Å². The smallest absolute Gasteiger partial charge is 0.255 e. The summed E-state index contributed by atoms with van der Waals surface area (Å²) in [5.41, 5.74) is 6.83. The number of carbonyl (C=O) groups is 3. The molecule has 6 rings (SSSR count). The van der Waals surface area contributed by atoms with Gasteiger partial charge in [0, 0.05) is 17.5 Å². The van der Waals surface area contributed by atoms with Crippen molar-refractivity contribution in [1.82, 2.24) is 10.2 Å². The summed E-state index contributed by atoms with van der Waals surface area (Å²) in [7, 11) is 0. The SMILES string of the molecule is CCC(=C(c1ccc(O)cc1)c1ccc(OCCOCCOCCOc2cccc3c2CN(C2CCC(=O)NC2=O)C3=O)cc1)c1ccccc1. The zero-order valence-electron chi connectivity index (χ0n) is 28.6. The van der Waals surface area contributed by atoms with Crippen LogP contribution in [0.4, 0.5) is 0 Å². The predicted molar refractivity (Wildman–Crippen MR) is 192 cm³/mol. The molecular formula is C41H42N2O8. The van der Waals surface area contributed by atoms with Crippen molar-refractivity contribution in [3.8, 4) is 17.2 Å². The van der Waals surface area contributed by atoms with Gasteiger partial charge in [0.15, 0.2) is 0 Å². The highest BCUT2D eigenvalue weighted by atomic mass is 16.6. The van der Waals surface area contributed by atoms with E-state index < -0.39 is 11.9 Å². The van der Waals surface area contributed by atoms with E-state index in [4.69, 9.17) is 18.9 Å². The summed E-state index contributed by atoms with van der Waals surface area (Å²) in [6.07, 6.45) is 1.36. The first-order valence-electron chi connectivity index (χ1n) is 17.3. The number of carbonyl (C=O) groups excluding carboxylic acids is 3. The van der Waals surface area contributed by atoms with Crippen LogP contribution in [0.2, 0.25) is 0 Å². The number of imide groups is 1. The van der Waals surface area contributed by atoms with Gasteiger partial charge in [-0.1, -0.05) is 67.6 Å². The molecule has 264 valence electrons. The molecule has 10 nitrogen and oxygen atoms in total. The van der Waals surface area contributed by atoms with Crippen LogP contribution >= 0.6 is 0 Å². The third kappa shape index (κ3) is 8.65. The number of ether oxygens (including phenoxy) is 4. The molecule has 10 heteroatoms. The number of aromatic hydroxyl groups is 1. The van der Waals surface area contributed by atoms with Crippen LogP contribution in [0, 0.1) is 0 Å². The number of nitrogens with zero attached hydrogens (tertiary/aromatic N) is 1. The number of phenols is 1. The van der Waals surface area contributed by atoms with Crippen LogP contribution in [0.15, 0.2) is 97.1 Å². The van der Waals surface area contributed by atoms with Gasteiger partial charge in [0.2, 0.25) is 11.8 Å². The van der Waals surface area contributed by atoms with Crippen molar-refractivity contribution in [3.05, 3.63) is 125 Å². The number of fused-ring (bicyclic) bond motifs is 1. The fourth-order valence-corrected chi connectivity index (χ4v) is 6.47. The number of nitrogens with one attached hydrogen (secondary N) is 1. The lowest BCUT2D eigenvalue weighted by Gasteiger charge is -2.29. The highest BCUT2D eigenvalue weighted by molar-refractivity contribution is 6.05. The molecule has 1 atom stereocenters. The maximum Gasteiger partial charge on any atom is 0.255 e. The quantitative estimate of drug-likeness (QED) is 0.0833. The minimum absolute atomic E-state index is 0.208. The summed E-state index contributed by atoms with van der Waals surface area (Å²) in [4.78, 5) is 38.4. The van der Waals surface area contributed by atoms with E-state index in [1.165, 1.54) is 10.5 Å². The standard InChI is InChI=1S/C41H42N2O8/c1-2-33(28-7-4-3-5-8-28)39(29-11-15-31(44)16-12-29)30-13-17-32(18-14-30)50-25-23-48-21-22-49-24-26-51-37-10-6-9-34-35(37)27-43(41(34)47)36-19-20-38(45)42-40(36)46/h3-18,36,44H,2,19-27H2,1H3,(H,42,45,46). The molecule has 1 fully saturated rings. The number of allylic oxidation sites excluding steroid dienone is 1. The number of phenolic OH excluding ortho intramolecular Hbond substituents is 1. The third-order valence-corrected chi connectivity index (χ3v) is 8.97. The van der Waals surface area contributed by atoms with E-state index in [0.717, 1.165) is 40.0 Å². The Bertz CT molecular complexity index is 1860. The summed E-state index contributed by atoms with van der Waals surface area (Å²) in [5.74, 6) is 0.565. The second-order valence-electron chi connectivity index (χ2n) is 12.2. The van der Waals surface area contributed by atoms with Gasteiger partial charge < -0.3 is 29.0 Å². The molecule has 0 spiro atoms. The van der Waals surface area contributed by atoms with Gasteiger partial charge in [-0.15, -0.1) is 0 Å². The summed E-state index contributed by atoms with van der Waals surface area (Å²) in [6, 6.07) is 30.3. The Balaban J connectivity index is 0.917. The highest BCUT2D eigenvalue weighted by Gasteiger charge is 2.40. The Kier molecular flexibility index (Phi) is 11.8. The van der Waals surface area contributed by atoms with Crippen molar-refractivity contribution < 1.29 is 38.4 Å². The molecule has 2 N–H and O–H groups in total. The zero-order chi connectivity index (χ0) is 35.6. The second-order valence-corrected chi connectivity index (χ2v) is 12.2. The minimum atomic E-state index is -0.669. The van der Waals surface area contributed by atoms with E-state index in [9.17, 15) is 19.5 Å². The van der Waals surface area contributed by atoms with E-state index in [2.05, 4.69) is 36.5 Å². The Morgan fingerprint density at radius 3 is 2.06 bits per heavy atom. The fourth-order valence-electron chi connectivity index (χ4n) is 6.47. The number of amides is 3. The second kappa shape index (κ2) is 17.0. The largest absolute Gasteiger partial charge is 0.508 e. The monoisotopic (exact) mass is 690 g/mol. The van der Waals surface area contributed by atoms with E-state index >= 15 is 0 Å². The predicted octanol–water partition coefficient (Wildman–Crippen LogP) is 6.01. The molecule has 0 aliphatic carbocycles. The van der Waals surface area contributed by atoms with E-state index in [1.54, 1.807) is 30.3 Å².